The number of hydrogen-bond acceptors (Lipinski definition) is 4. The molecule has 5 heteroatoms. The molecule has 4 rings (SSSR count). The summed E-state index contributed by atoms with van der Waals surface area (Å²) in [7, 11) is 1.68. The first-order valence-corrected chi connectivity index (χ1v) is 9.29. The largest absolute Gasteiger partial charge is 0.496 e. The summed E-state index contributed by atoms with van der Waals surface area (Å²) in [6.45, 7) is 4.79. The lowest BCUT2D eigenvalue weighted by Gasteiger charge is -2.32. The maximum Gasteiger partial charge on any atom is 0.251 e. The van der Waals surface area contributed by atoms with Crippen LogP contribution in [0, 0.1) is 13.8 Å². The lowest BCUT2D eigenvalue weighted by Crippen LogP contribution is -2.47. The van der Waals surface area contributed by atoms with E-state index in [1.807, 2.05) is 40.5 Å². The van der Waals surface area contributed by atoms with E-state index in [9.17, 15) is 4.79 Å². The van der Waals surface area contributed by atoms with Crippen LogP contribution in [0.3, 0.4) is 0 Å². The highest BCUT2D eigenvalue weighted by Crippen LogP contribution is 2.35. The number of methoxy groups -OCH3 is 1. The first kappa shape index (κ1) is 17.6. The van der Waals surface area contributed by atoms with Gasteiger partial charge in [-0.3, -0.25) is 4.79 Å². The minimum Gasteiger partial charge on any atom is -0.496 e. The number of rotatable bonds is 4. The second-order valence-corrected chi connectivity index (χ2v) is 7.28. The molecule has 1 N–H and O–H groups in total. The molecule has 2 heterocycles. The zero-order valence-electron chi connectivity index (χ0n) is 16.0. The first-order chi connectivity index (χ1) is 13.1. The highest BCUT2D eigenvalue weighted by atomic mass is 16.5. The Morgan fingerprint density at radius 2 is 1.96 bits per heavy atom. The van der Waals surface area contributed by atoms with Gasteiger partial charge in [-0.15, -0.1) is 0 Å². The molecule has 1 saturated heterocycles. The summed E-state index contributed by atoms with van der Waals surface area (Å²) in [4.78, 5) is 14.9. The average Bonchev–Trinajstić information content (AvgIpc) is 3.11. The Hall–Kier alpha value is -2.79. The fourth-order valence-corrected chi connectivity index (χ4v) is 3.93. The Bertz CT molecular complexity index is 893. The van der Waals surface area contributed by atoms with Crippen LogP contribution in [0.15, 0.2) is 54.9 Å². The Morgan fingerprint density at radius 1 is 1.15 bits per heavy atom. The minimum atomic E-state index is -0.198. The van der Waals surface area contributed by atoms with E-state index in [1.165, 1.54) is 16.7 Å². The number of aryl methyl sites for hydroxylation is 2. The van der Waals surface area contributed by atoms with Crippen molar-refractivity contribution >= 4 is 5.91 Å². The quantitative estimate of drug-likeness (QED) is 0.904. The summed E-state index contributed by atoms with van der Waals surface area (Å²) in [6.07, 6.45) is 4.55. The summed E-state index contributed by atoms with van der Waals surface area (Å²) >= 11 is 0. The van der Waals surface area contributed by atoms with Crippen LogP contribution in [-0.2, 0) is 11.3 Å². The minimum absolute atomic E-state index is 0.0563. The second kappa shape index (κ2) is 7.08. The number of nitrogens with zero attached hydrogens (tertiary/aromatic N) is 2. The zero-order valence-corrected chi connectivity index (χ0v) is 16.0. The Labute approximate surface area is 160 Å². The van der Waals surface area contributed by atoms with Crippen molar-refractivity contribution in [2.75, 3.05) is 7.11 Å². The van der Waals surface area contributed by atoms with Crippen LogP contribution in [-0.4, -0.2) is 29.0 Å². The maximum absolute atomic E-state index is 13.1. The van der Waals surface area contributed by atoms with E-state index in [2.05, 4.69) is 43.5 Å². The number of ether oxygens (including phenoxy) is 1. The molecule has 2 atom stereocenters. The van der Waals surface area contributed by atoms with Crippen molar-refractivity contribution in [2.24, 2.45) is 0 Å². The molecular weight excluding hydrogens is 338 g/mol. The number of para-hydroxylation sites is 1. The third-order valence-corrected chi connectivity index (χ3v) is 5.43. The van der Waals surface area contributed by atoms with Crippen molar-refractivity contribution in [2.45, 2.75) is 38.9 Å². The van der Waals surface area contributed by atoms with E-state index in [-0.39, 0.29) is 18.0 Å². The van der Waals surface area contributed by atoms with Crippen molar-refractivity contribution in [1.29, 1.82) is 0 Å². The van der Waals surface area contributed by atoms with Crippen LogP contribution in [0.2, 0.25) is 0 Å². The standard InChI is InChI=1S/C22H25N3O2/c1-15-8-9-17(16(2)12-15)14-24-10-11-25-20(22(24)26)13-19(23-25)18-6-4-5-7-21(18)27-3/h4-12,19-20,23H,13-14H2,1-3H3. The number of benzene rings is 2. The maximum atomic E-state index is 13.1. The third-order valence-electron chi connectivity index (χ3n) is 5.43. The molecule has 140 valence electrons. The molecule has 2 aromatic carbocycles. The van der Waals surface area contributed by atoms with Gasteiger partial charge in [-0.1, -0.05) is 42.0 Å². The van der Waals surface area contributed by atoms with Crippen molar-refractivity contribution in [3.05, 3.63) is 77.1 Å². The van der Waals surface area contributed by atoms with Gasteiger partial charge in [0.15, 0.2) is 0 Å². The van der Waals surface area contributed by atoms with E-state index < -0.39 is 0 Å². The van der Waals surface area contributed by atoms with Gasteiger partial charge < -0.3 is 14.6 Å². The van der Waals surface area contributed by atoms with Crippen LogP contribution in [0.5, 0.6) is 5.75 Å². The van der Waals surface area contributed by atoms with Gasteiger partial charge in [0, 0.05) is 18.0 Å². The van der Waals surface area contributed by atoms with Crippen molar-refractivity contribution in [1.82, 2.24) is 15.3 Å². The normalized spacial score (nSPS) is 21.5. The number of fused-ring (bicyclic) bond motifs is 1. The average molecular weight is 363 g/mol. The van der Waals surface area contributed by atoms with Gasteiger partial charge in [0.2, 0.25) is 0 Å². The van der Waals surface area contributed by atoms with Gasteiger partial charge in [0.05, 0.1) is 19.7 Å². The monoisotopic (exact) mass is 363 g/mol. The van der Waals surface area contributed by atoms with Crippen LogP contribution < -0.4 is 10.2 Å². The molecule has 0 spiro atoms. The summed E-state index contributed by atoms with van der Waals surface area (Å²) in [6, 6.07) is 14.2. The van der Waals surface area contributed by atoms with E-state index in [0.29, 0.717) is 13.0 Å². The van der Waals surface area contributed by atoms with Gasteiger partial charge in [0.1, 0.15) is 11.8 Å². The van der Waals surface area contributed by atoms with Gasteiger partial charge in [-0.2, -0.15) is 0 Å². The van der Waals surface area contributed by atoms with Crippen molar-refractivity contribution in [3.63, 3.8) is 0 Å². The highest BCUT2D eigenvalue weighted by Gasteiger charge is 2.40. The third kappa shape index (κ3) is 3.30. The van der Waals surface area contributed by atoms with Crippen LogP contribution in [0.4, 0.5) is 0 Å². The Morgan fingerprint density at radius 3 is 2.74 bits per heavy atom. The fourth-order valence-electron chi connectivity index (χ4n) is 3.93. The highest BCUT2D eigenvalue weighted by molar-refractivity contribution is 5.84. The SMILES string of the molecule is COc1ccccc1C1CC2C(=O)N(Cc3ccc(C)cc3C)C=CN2N1. The molecule has 0 saturated carbocycles. The predicted octanol–water partition coefficient (Wildman–Crippen LogP) is 3.45. The van der Waals surface area contributed by atoms with E-state index in [4.69, 9.17) is 4.74 Å². The molecular formula is C22H25N3O2. The number of hydrazine groups is 1. The first-order valence-electron chi connectivity index (χ1n) is 9.29. The molecule has 5 nitrogen and oxygen atoms in total. The molecule has 2 aliphatic rings. The predicted molar refractivity (Wildman–Crippen MR) is 105 cm³/mol. The zero-order chi connectivity index (χ0) is 19.0. The van der Waals surface area contributed by atoms with Crippen LogP contribution in [0.1, 0.15) is 34.7 Å². The van der Waals surface area contributed by atoms with Crippen LogP contribution in [0.25, 0.3) is 0 Å². The molecule has 0 radical (unpaired) electrons. The molecule has 0 aromatic heterocycles. The van der Waals surface area contributed by atoms with Crippen LogP contribution >= 0.6 is 0 Å². The van der Waals surface area contributed by atoms with Gasteiger partial charge in [-0.05, 0) is 37.5 Å². The number of carbonyl (C=O) groups is 1. The smallest absolute Gasteiger partial charge is 0.251 e. The lowest BCUT2D eigenvalue weighted by molar-refractivity contribution is -0.134. The summed E-state index contributed by atoms with van der Waals surface area (Å²) in [5.74, 6) is 0.973. The topological polar surface area (TPSA) is 44.8 Å². The molecule has 1 amide bonds. The number of hydrogen-bond donors (Lipinski definition) is 1. The van der Waals surface area contributed by atoms with E-state index in [0.717, 1.165) is 11.3 Å². The van der Waals surface area contributed by atoms with E-state index in [1.54, 1.807) is 7.11 Å². The summed E-state index contributed by atoms with van der Waals surface area (Å²) in [5, 5.41) is 1.93. The fraction of sp³-hybridized carbons (Fsp3) is 0.318. The molecule has 1 fully saturated rings. The van der Waals surface area contributed by atoms with Gasteiger partial charge in [0.25, 0.3) is 5.91 Å². The summed E-state index contributed by atoms with van der Waals surface area (Å²) < 4.78 is 5.49. The lowest BCUT2D eigenvalue weighted by atomic mass is 9.99. The van der Waals surface area contributed by atoms with Gasteiger partial charge in [-0.25, -0.2) is 5.43 Å². The molecule has 2 aliphatic heterocycles. The number of amides is 1. The molecule has 2 unspecified atom stereocenters. The molecule has 0 bridgehead atoms. The Balaban J connectivity index is 1.52. The second-order valence-electron chi connectivity index (χ2n) is 7.28. The summed E-state index contributed by atoms with van der Waals surface area (Å²) in [5.41, 5.74) is 8.15. The number of carbonyl (C=O) groups excluding carboxylic acids is 1. The van der Waals surface area contributed by atoms with Crippen molar-refractivity contribution in [3.8, 4) is 5.75 Å². The number of nitrogens with one attached hydrogen (secondary N) is 1. The molecule has 0 aliphatic carbocycles. The van der Waals surface area contributed by atoms with E-state index >= 15 is 0 Å². The van der Waals surface area contributed by atoms with Gasteiger partial charge >= 0.3 is 0 Å². The Kier molecular flexibility index (Phi) is 4.62. The molecule has 27 heavy (non-hydrogen) atoms. The van der Waals surface area contributed by atoms with Crippen molar-refractivity contribution < 1.29 is 9.53 Å². The molecule has 2 aromatic rings.